The van der Waals surface area contributed by atoms with Crippen LogP contribution in [0.3, 0.4) is 0 Å². The molecule has 0 aromatic heterocycles. The summed E-state index contributed by atoms with van der Waals surface area (Å²) in [7, 11) is 0. The number of ether oxygens (including phenoxy) is 1. The zero-order chi connectivity index (χ0) is 14.4. The van der Waals surface area contributed by atoms with Crippen LogP contribution in [0.5, 0.6) is 5.75 Å². The van der Waals surface area contributed by atoms with Crippen LogP contribution in [0.1, 0.15) is 31.7 Å². The minimum Gasteiger partial charge on any atom is -0.491 e. The van der Waals surface area contributed by atoms with Crippen molar-refractivity contribution in [2.45, 2.75) is 32.6 Å². The Morgan fingerprint density at radius 1 is 1.45 bits per heavy atom. The Bertz CT molecular complexity index is 500. The first-order valence-corrected chi connectivity index (χ1v) is 7.01. The van der Waals surface area contributed by atoms with Gasteiger partial charge in [0.25, 0.3) is 0 Å². The highest BCUT2D eigenvalue weighted by Gasteiger charge is 2.14. The summed E-state index contributed by atoms with van der Waals surface area (Å²) in [6.07, 6.45) is 2.71. The van der Waals surface area contributed by atoms with Crippen molar-refractivity contribution in [3.05, 3.63) is 23.8 Å². The summed E-state index contributed by atoms with van der Waals surface area (Å²) in [6.45, 7) is 3.18. The molecule has 0 spiro atoms. The molecule has 1 aliphatic rings. The standard InChI is InChI=1S/C15H20N2O3/c1-2-3-7-16-15(19)10-11-4-5-13-12(9-11)17-14(18)6-8-20-13/h4-5,9H,2-3,6-8,10H2,1H3,(H,16,19)(H,17,18). The molecule has 0 saturated heterocycles. The zero-order valence-electron chi connectivity index (χ0n) is 11.7. The van der Waals surface area contributed by atoms with E-state index < -0.39 is 0 Å². The number of hydrogen-bond donors (Lipinski definition) is 2. The topological polar surface area (TPSA) is 67.4 Å². The normalized spacial score (nSPS) is 13.8. The molecular formula is C15H20N2O3. The molecule has 1 aromatic rings. The Hall–Kier alpha value is -2.04. The average Bonchev–Trinajstić information content (AvgIpc) is 2.59. The summed E-state index contributed by atoms with van der Waals surface area (Å²) >= 11 is 0. The Morgan fingerprint density at radius 2 is 2.30 bits per heavy atom. The van der Waals surface area contributed by atoms with Crippen molar-refractivity contribution in [3.8, 4) is 5.75 Å². The van der Waals surface area contributed by atoms with E-state index in [0.717, 1.165) is 18.4 Å². The number of fused-ring (bicyclic) bond motifs is 1. The molecular weight excluding hydrogens is 256 g/mol. The lowest BCUT2D eigenvalue weighted by atomic mass is 10.1. The highest BCUT2D eigenvalue weighted by Crippen LogP contribution is 2.28. The van der Waals surface area contributed by atoms with Crippen LogP contribution in [-0.2, 0) is 16.0 Å². The first kappa shape index (κ1) is 14.4. The average molecular weight is 276 g/mol. The number of anilines is 1. The largest absolute Gasteiger partial charge is 0.491 e. The monoisotopic (exact) mass is 276 g/mol. The minimum absolute atomic E-state index is 0.000679. The Labute approximate surface area is 118 Å². The van der Waals surface area contributed by atoms with E-state index in [1.54, 1.807) is 12.1 Å². The molecule has 0 fully saturated rings. The van der Waals surface area contributed by atoms with Crippen LogP contribution >= 0.6 is 0 Å². The molecule has 1 aromatic carbocycles. The molecule has 108 valence electrons. The van der Waals surface area contributed by atoms with Crippen LogP contribution in [-0.4, -0.2) is 25.0 Å². The van der Waals surface area contributed by atoms with Gasteiger partial charge in [0, 0.05) is 6.54 Å². The van der Waals surface area contributed by atoms with Gasteiger partial charge in [-0.25, -0.2) is 0 Å². The lowest BCUT2D eigenvalue weighted by Gasteiger charge is -2.09. The van der Waals surface area contributed by atoms with Gasteiger partial charge in [-0.15, -0.1) is 0 Å². The van der Waals surface area contributed by atoms with Crippen molar-refractivity contribution >= 4 is 17.5 Å². The molecule has 0 atom stereocenters. The number of unbranched alkanes of at least 4 members (excludes halogenated alkanes) is 1. The fraction of sp³-hybridized carbons (Fsp3) is 0.467. The highest BCUT2D eigenvalue weighted by atomic mass is 16.5. The first-order chi connectivity index (χ1) is 9.69. The maximum absolute atomic E-state index is 11.8. The van der Waals surface area contributed by atoms with Crippen molar-refractivity contribution < 1.29 is 14.3 Å². The summed E-state index contributed by atoms with van der Waals surface area (Å²) in [5.74, 6) is 0.596. The van der Waals surface area contributed by atoms with Gasteiger partial charge >= 0.3 is 0 Å². The number of carbonyl (C=O) groups is 2. The van der Waals surface area contributed by atoms with E-state index in [4.69, 9.17) is 4.74 Å². The first-order valence-electron chi connectivity index (χ1n) is 7.01. The third-order valence-corrected chi connectivity index (χ3v) is 3.12. The molecule has 5 nitrogen and oxygen atoms in total. The van der Waals surface area contributed by atoms with E-state index in [9.17, 15) is 9.59 Å². The minimum atomic E-state index is -0.0618. The predicted octanol–water partition coefficient (Wildman–Crippen LogP) is 1.87. The second-order valence-electron chi connectivity index (χ2n) is 4.86. The molecule has 2 N–H and O–H groups in total. The van der Waals surface area contributed by atoms with Crippen LogP contribution in [0, 0.1) is 0 Å². The molecule has 2 amide bonds. The Morgan fingerprint density at radius 3 is 3.10 bits per heavy atom. The maximum atomic E-state index is 11.8. The van der Waals surface area contributed by atoms with E-state index in [0.29, 0.717) is 37.4 Å². The summed E-state index contributed by atoms with van der Waals surface area (Å²) < 4.78 is 5.47. The number of carbonyl (C=O) groups excluding carboxylic acids is 2. The van der Waals surface area contributed by atoms with Crippen molar-refractivity contribution in [2.75, 3.05) is 18.5 Å². The third-order valence-electron chi connectivity index (χ3n) is 3.12. The van der Waals surface area contributed by atoms with Gasteiger partial charge in [-0.05, 0) is 24.1 Å². The number of nitrogens with one attached hydrogen (secondary N) is 2. The lowest BCUT2D eigenvalue weighted by Crippen LogP contribution is -2.26. The molecule has 0 aliphatic carbocycles. The highest BCUT2D eigenvalue weighted by molar-refractivity contribution is 5.93. The fourth-order valence-electron chi connectivity index (χ4n) is 2.03. The summed E-state index contributed by atoms with van der Waals surface area (Å²) in [5.41, 5.74) is 1.51. The van der Waals surface area contributed by atoms with Gasteiger partial charge < -0.3 is 15.4 Å². The van der Waals surface area contributed by atoms with Gasteiger partial charge in [0.2, 0.25) is 11.8 Å². The molecule has 1 heterocycles. The smallest absolute Gasteiger partial charge is 0.227 e. The van der Waals surface area contributed by atoms with E-state index in [1.165, 1.54) is 0 Å². The van der Waals surface area contributed by atoms with Gasteiger partial charge in [0.1, 0.15) is 5.75 Å². The SMILES string of the molecule is CCCCNC(=O)Cc1ccc2c(c1)NC(=O)CCO2. The van der Waals surface area contributed by atoms with Gasteiger partial charge in [-0.2, -0.15) is 0 Å². The van der Waals surface area contributed by atoms with Gasteiger partial charge in [-0.1, -0.05) is 19.4 Å². The van der Waals surface area contributed by atoms with E-state index in [2.05, 4.69) is 17.6 Å². The van der Waals surface area contributed by atoms with E-state index in [1.807, 2.05) is 6.07 Å². The Kier molecular flexibility index (Phi) is 4.98. The zero-order valence-corrected chi connectivity index (χ0v) is 11.7. The molecule has 0 saturated carbocycles. The van der Waals surface area contributed by atoms with Crippen LogP contribution in [0.25, 0.3) is 0 Å². The summed E-state index contributed by atoms with van der Waals surface area (Å²) in [5, 5.41) is 5.67. The predicted molar refractivity (Wildman–Crippen MR) is 76.8 cm³/mol. The molecule has 0 bridgehead atoms. The van der Waals surface area contributed by atoms with Gasteiger partial charge in [0.05, 0.1) is 25.1 Å². The lowest BCUT2D eigenvalue weighted by molar-refractivity contribution is -0.120. The van der Waals surface area contributed by atoms with Crippen LogP contribution in [0.4, 0.5) is 5.69 Å². The fourth-order valence-corrected chi connectivity index (χ4v) is 2.03. The summed E-state index contributed by atoms with van der Waals surface area (Å²) in [6, 6.07) is 5.46. The quantitative estimate of drug-likeness (QED) is 0.807. The maximum Gasteiger partial charge on any atom is 0.227 e. The third kappa shape index (κ3) is 3.98. The summed E-state index contributed by atoms with van der Waals surface area (Å²) in [4.78, 5) is 23.2. The second kappa shape index (κ2) is 6.93. The van der Waals surface area contributed by atoms with Crippen molar-refractivity contribution in [1.82, 2.24) is 5.32 Å². The molecule has 1 aliphatic heterocycles. The van der Waals surface area contributed by atoms with Crippen LogP contribution in [0.15, 0.2) is 18.2 Å². The second-order valence-corrected chi connectivity index (χ2v) is 4.86. The van der Waals surface area contributed by atoms with Crippen molar-refractivity contribution in [3.63, 3.8) is 0 Å². The van der Waals surface area contributed by atoms with Crippen LogP contribution < -0.4 is 15.4 Å². The number of rotatable bonds is 5. The number of benzene rings is 1. The van der Waals surface area contributed by atoms with E-state index >= 15 is 0 Å². The number of amides is 2. The number of hydrogen-bond acceptors (Lipinski definition) is 3. The molecule has 0 radical (unpaired) electrons. The van der Waals surface area contributed by atoms with Crippen molar-refractivity contribution in [2.24, 2.45) is 0 Å². The van der Waals surface area contributed by atoms with Crippen molar-refractivity contribution in [1.29, 1.82) is 0 Å². The van der Waals surface area contributed by atoms with E-state index in [-0.39, 0.29) is 11.8 Å². The molecule has 20 heavy (non-hydrogen) atoms. The van der Waals surface area contributed by atoms with Gasteiger partial charge in [-0.3, -0.25) is 9.59 Å². The molecule has 5 heteroatoms. The van der Waals surface area contributed by atoms with Crippen LogP contribution in [0.2, 0.25) is 0 Å². The Balaban J connectivity index is 1.99. The van der Waals surface area contributed by atoms with Gasteiger partial charge in [0.15, 0.2) is 0 Å². The molecule has 2 rings (SSSR count). The molecule has 0 unspecified atom stereocenters.